The molecule has 22 heavy (non-hydrogen) atoms. The zero-order valence-electron chi connectivity index (χ0n) is 11.6. The molecule has 0 saturated heterocycles. The molecule has 1 aromatic carbocycles. The molecule has 1 amide bonds. The Bertz CT molecular complexity index is 829. The molecule has 2 N–H and O–H groups in total. The first-order valence-corrected chi connectivity index (χ1v) is 6.49. The minimum atomic E-state index is -0.393. The number of nitrogens with zero attached hydrogens (tertiary/aromatic N) is 3. The van der Waals surface area contributed by atoms with Crippen LogP contribution in [0, 0.1) is 6.92 Å². The molecule has 3 aromatic rings. The minimum absolute atomic E-state index is 0.0965. The molecule has 0 saturated carbocycles. The van der Waals surface area contributed by atoms with E-state index in [1.54, 1.807) is 37.3 Å². The molecule has 0 aliphatic rings. The number of anilines is 1. The van der Waals surface area contributed by atoms with Crippen LogP contribution < -0.4 is 5.32 Å². The molecule has 0 fully saturated rings. The number of carbonyl (C=O) groups is 1. The summed E-state index contributed by atoms with van der Waals surface area (Å²) in [6.07, 6.45) is 1.48. The van der Waals surface area contributed by atoms with E-state index in [1.807, 2.05) is 0 Å². The SMILES string of the molecule is Cc1nc(-c2cccc(C(=O)Nc3ncccc3O)c2)no1. The third-order valence-electron chi connectivity index (χ3n) is 2.93. The van der Waals surface area contributed by atoms with E-state index in [4.69, 9.17) is 4.52 Å². The van der Waals surface area contributed by atoms with Crippen molar-refractivity contribution in [1.82, 2.24) is 15.1 Å². The van der Waals surface area contributed by atoms with E-state index in [-0.39, 0.29) is 11.6 Å². The van der Waals surface area contributed by atoms with Crippen LogP contribution in [0.1, 0.15) is 16.2 Å². The second-order valence-corrected chi connectivity index (χ2v) is 4.54. The van der Waals surface area contributed by atoms with Crippen LogP contribution in [0.25, 0.3) is 11.4 Å². The van der Waals surface area contributed by atoms with Gasteiger partial charge in [0, 0.05) is 24.2 Å². The standard InChI is InChI=1S/C15H12N4O3/c1-9-17-13(19-22-9)10-4-2-5-11(8-10)15(21)18-14-12(20)6-3-7-16-14/h2-8,20H,1H3,(H,16,18,21). The number of aryl methyl sites for hydroxylation is 1. The molecular weight excluding hydrogens is 284 g/mol. The van der Waals surface area contributed by atoms with Crippen molar-refractivity contribution in [3.63, 3.8) is 0 Å². The Labute approximate surface area is 125 Å². The van der Waals surface area contributed by atoms with Crippen molar-refractivity contribution in [2.75, 3.05) is 5.32 Å². The average molecular weight is 296 g/mol. The summed E-state index contributed by atoms with van der Waals surface area (Å²) in [5.41, 5.74) is 1.06. The topological polar surface area (TPSA) is 101 Å². The number of hydrogen-bond donors (Lipinski definition) is 2. The number of benzene rings is 1. The molecule has 0 aliphatic carbocycles. The Hall–Kier alpha value is -3.22. The van der Waals surface area contributed by atoms with Crippen molar-refractivity contribution < 1.29 is 14.4 Å². The average Bonchev–Trinajstić information content (AvgIpc) is 2.96. The summed E-state index contributed by atoms with van der Waals surface area (Å²) < 4.78 is 4.93. The van der Waals surface area contributed by atoms with E-state index in [0.29, 0.717) is 22.8 Å². The third-order valence-corrected chi connectivity index (χ3v) is 2.93. The fraction of sp³-hybridized carbons (Fsp3) is 0.0667. The first-order valence-electron chi connectivity index (χ1n) is 6.49. The second kappa shape index (κ2) is 5.65. The Morgan fingerprint density at radius 1 is 1.27 bits per heavy atom. The van der Waals surface area contributed by atoms with Crippen LogP contribution in [0.5, 0.6) is 5.75 Å². The van der Waals surface area contributed by atoms with Crippen molar-refractivity contribution in [3.8, 4) is 17.1 Å². The molecule has 0 radical (unpaired) electrons. The number of rotatable bonds is 3. The quantitative estimate of drug-likeness (QED) is 0.769. The Morgan fingerprint density at radius 2 is 2.14 bits per heavy atom. The molecule has 2 aromatic heterocycles. The van der Waals surface area contributed by atoms with Crippen molar-refractivity contribution in [2.24, 2.45) is 0 Å². The lowest BCUT2D eigenvalue weighted by atomic mass is 10.1. The van der Waals surface area contributed by atoms with Crippen LogP contribution in [0.3, 0.4) is 0 Å². The van der Waals surface area contributed by atoms with Gasteiger partial charge in [0.05, 0.1) is 0 Å². The van der Waals surface area contributed by atoms with E-state index in [0.717, 1.165) is 0 Å². The molecule has 7 nitrogen and oxygen atoms in total. The molecule has 7 heteroatoms. The molecule has 0 spiro atoms. The lowest BCUT2D eigenvalue weighted by Gasteiger charge is -2.06. The van der Waals surface area contributed by atoms with Gasteiger partial charge in [-0.15, -0.1) is 0 Å². The molecule has 3 rings (SSSR count). The van der Waals surface area contributed by atoms with Crippen LogP contribution in [-0.2, 0) is 0 Å². The third kappa shape index (κ3) is 2.78. The molecule has 110 valence electrons. The van der Waals surface area contributed by atoms with E-state index in [2.05, 4.69) is 20.4 Å². The number of amides is 1. The van der Waals surface area contributed by atoms with Gasteiger partial charge in [0.15, 0.2) is 11.6 Å². The number of pyridine rings is 1. The van der Waals surface area contributed by atoms with Gasteiger partial charge in [-0.25, -0.2) is 4.98 Å². The first kappa shape index (κ1) is 13.7. The Balaban J connectivity index is 1.86. The summed E-state index contributed by atoms with van der Waals surface area (Å²) >= 11 is 0. The normalized spacial score (nSPS) is 10.4. The Morgan fingerprint density at radius 3 is 2.86 bits per heavy atom. The van der Waals surface area contributed by atoms with Gasteiger partial charge >= 0.3 is 0 Å². The van der Waals surface area contributed by atoms with E-state index in [1.165, 1.54) is 12.3 Å². The number of nitrogens with one attached hydrogen (secondary N) is 1. The van der Waals surface area contributed by atoms with Gasteiger partial charge in [-0.3, -0.25) is 4.79 Å². The van der Waals surface area contributed by atoms with Crippen LogP contribution in [0.15, 0.2) is 47.1 Å². The summed E-state index contributed by atoms with van der Waals surface area (Å²) in [6, 6.07) is 9.80. The maximum atomic E-state index is 12.2. The zero-order chi connectivity index (χ0) is 15.5. The molecule has 2 heterocycles. The predicted molar refractivity (Wildman–Crippen MR) is 78.3 cm³/mol. The van der Waals surface area contributed by atoms with Crippen molar-refractivity contribution >= 4 is 11.7 Å². The number of carbonyl (C=O) groups excluding carboxylic acids is 1. The van der Waals surface area contributed by atoms with Gasteiger partial charge in [0.25, 0.3) is 5.91 Å². The summed E-state index contributed by atoms with van der Waals surface area (Å²) in [7, 11) is 0. The van der Waals surface area contributed by atoms with Gasteiger partial charge < -0.3 is 14.9 Å². The van der Waals surface area contributed by atoms with E-state index < -0.39 is 5.91 Å². The van der Waals surface area contributed by atoms with Gasteiger partial charge in [0.2, 0.25) is 11.7 Å². The maximum absolute atomic E-state index is 12.2. The minimum Gasteiger partial charge on any atom is -0.504 e. The number of aromatic nitrogens is 3. The van der Waals surface area contributed by atoms with E-state index in [9.17, 15) is 9.90 Å². The van der Waals surface area contributed by atoms with E-state index >= 15 is 0 Å². The highest BCUT2D eigenvalue weighted by Gasteiger charge is 2.12. The fourth-order valence-corrected chi connectivity index (χ4v) is 1.89. The first-order chi connectivity index (χ1) is 10.6. The molecule has 0 unspecified atom stereocenters. The highest BCUT2D eigenvalue weighted by molar-refractivity contribution is 6.04. The van der Waals surface area contributed by atoms with Crippen LogP contribution >= 0.6 is 0 Å². The van der Waals surface area contributed by atoms with Crippen molar-refractivity contribution in [2.45, 2.75) is 6.92 Å². The largest absolute Gasteiger partial charge is 0.504 e. The molecular formula is C15H12N4O3. The molecule has 0 bridgehead atoms. The highest BCUT2D eigenvalue weighted by Crippen LogP contribution is 2.21. The molecule has 0 aliphatic heterocycles. The smallest absolute Gasteiger partial charge is 0.256 e. The second-order valence-electron chi connectivity index (χ2n) is 4.54. The van der Waals surface area contributed by atoms with Crippen LogP contribution in [-0.4, -0.2) is 26.1 Å². The Kier molecular flexibility index (Phi) is 3.53. The summed E-state index contributed by atoms with van der Waals surface area (Å²) in [5, 5.41) is 16.0. The lowest BCUT2D eigenvalue weighted by molar-refractivity contribution is 0.102. The van der Waals surface area contributed by atoms with Gasteiger partial charge in [-0.1, -0.05) is 17.3 Å². The van der Waals surface area contributed by atoms with Gasteiger partial charge in [-0.2, -0.15) is 4.98 Å². The molecule has 0 atom stereocenters. The summed E-state index contributed by atoms with van der Waals surface area (Å²) in [5.74, 6) is 0.473. The number of hydrogen-bond acceptors (Lipinski definition) is 6. The monoisotopic (exact) mass is 296 g/mol. The highest BCUT2D eigenvalue weighted by atomic mass is 16.5. The van der Waals surface area contributed by atoms with Gasteiger partial charge in [0.1, 0.15) is 0 Å². The summed E-state index contributed by atoms with van der Waals surface area (Å²) in [4.78, 5) is 20.3. The zero-order valence-corrected chi connectivity index (χ0v) is 11.6. The van der Waals surface area contributed by atoms with Crippen LogP contribution in [0.4, 0.5) is 5.82 Å². The summed E-state index contributed by atoms with van der Waals surface area (Å²) in [6.45, 7) is 1.69. The maximum Gasteiger partial charge on any atom is 0.256 e. The predicted octanol–water partition coefficient (Wildman–Crippen LogP) is 2.40. The van der Waals surface area contributed by atoms with Gasteiger partial charge in [-0.05, 0) is 24.3 Å². The lowest BCUT2D eigenvalue weighted by Crippen LogP contribution is -2.13. The fourth-order valence-electron chi connectivity index (χ4n) is 1.89. The van der Waals surface area contributed by atoms with Crippen molar-refractivity contribution in [3.05, 3.63) is 54.0 Å². The van der Waals surface area contributed by atoms with Crippen molar-refractivity contribution in [1.29, 1.82) is 0 Å². The number of aromatic hydroxyl groups is 1. The van der Waals surface area contributed by atoms with Crippen LogP contribution in [0.2, 0.25) is 0 Å².